The molecule has 0 bridgehead atoms. The Morgan fingerprint density at radius 1 is 1.29 bits per heavy atom. The number of ether oxygens (including phenoxy) is 1. The van der Waals surface area contributed by atoms with Gasteiger partial charge in [0, 0.05) is 24.9 Å². The second-order valence-corrected chi connectivity index (χ2v) is 6.84. The predicted octanol–water partition coefficient (Wildman–Crippen LogP) is 3.18. The summed E-state index contributed by atoms with van der Waals surface area (Å²) in [5.74, 6) is -0.816. The number of benzene rings is 2. The number of rotatable bonds is 6. The van der Waals surface area contributed by atoms with Crippen LogP contribution in [0.4, 0.5) is 10.1 Å². The molecule has 3 rings (SSSR count). The first-order chi connectivity index (χ1) is 13.6. The lowest BCUT2D eigenvalue weighted by molar-refractivity contribution is -0.117. The van der Waals surface area contributed by atoms with Crippen molar-refractivity contribution in [3.8, 4) is 0 Å². The summed E-state index contributed by atoms with van der Waals surface area (Å²) in [5, 5.41) is 12.8. The standard InChI is InChI=1S/C21H22ClFN2O3/c22-19-13-17(23)6-4-15(19)5-7-21(27)24-20(14-26)16-2-1-3-18(12-16)25-8-10-28-11-9-25/h1-7,12-13,20,26H,8-11,14H2,(H,24,27)/b7-5+. The highest BCUT2D eigenvalue weighted by molar-refractivity contribution is 6.32. The Kier molecular flexibility index (Phi) is 7.03. The van der Waals surface area contributed by atoms with Gasteiger partial charge in [0.1, 0.15) is 5.82 Å². The van der Waals surface area contributed by atoms with Gasteiger partial charge in [0.05, 0.1) is 30.9 Å². The highest BCUT2D eigenvalue weighted by Gasteiger charge is 2.16. The number of hydrogen-bond donors (Lipinski definition) is 2. The van der Waals surface area contributed by atoms with E-state index in [1.54, 1.807) is 0 Å². The zero-order chi connectivity index (χ0) is 19.9. The number of nitrogens with zero attached hydrogens (tertiary/aromatic N) is 1. The number of carbonyl (C=O) groups excluding carboxylic acids is 1. The van der Waals surface area contributed by atoms with Crippen molar-refractivity contribution in [2.24, 2.45) is 0 Å². The number of amides is 1. The third-order valence-corrected chi connectivity index (χ3v) is 4.85. The molecule has 0 spiro atoms. The molecule has 1 unspecified atom stereocenters. The molecule has 1 aliphatic heterocycles. The van der Waals surface area contributed by atoms with Crippen molar-refractivity contribution in [1.82, 2.24) is 5.32 Å². The number of halogens is 2. The van der Waals surface area contributed by atoms with E-state index in [4.69, 9.17) is 16.3 Å². The Morgan fingerprint density at radius 2 is 2.07 bits per heavy atom. The van der Waals surface area contributed by atoms with Gasteiger partial charge >= 0.3 is 0 Å². The van der Waals surface area contributed by atoms with Crippen molar-refractivity contribution in [3.63, 3.8) is 0 Å². The van der Waals surface area contributed by atoms with E-state index in [0.29, 0.717) is 18.8 Å². The van der Waals surface area contributed by atoms with E-state index in [-0.39, 0.29) is 17.5 Å². The zero-order valence-electron chi connectivity index (χ0n) is 15.3. The van der Waals surface area contributed by atoms with Gasteiger partial charge in [-0.25, -0.2) is 4.39 Å². The van der Waals surface area contributed by atoms with Crippen LogP contribution in [-0.2, 0) is 9.53 Å². The molecule has 2 aromatic carbocycles. The summed E-state index contributed by atoms with van der Waals surface area (Å²) in [6, 6.07) is 11.2. The molecule has 0 aliphatic carbocycles. The highest BCUT2D eigenvalue weighted by atomic mass is 35.5. The minimum atomic E-state index is -0.540. The molecule has 148 valence electrons. The Hall–Kier alpha value is -2.41. The summed E-state index contributed by atoms with van der Waals surface area (Å²) < 4.78 is 18.5. The van der Waals surface area contributed by atoms with Crippen LogP contribution in [0.15, 0.2) is 48.5 Å². The molecule has 1 heterocycles. The van der Waals surface area contributed by atoms with Gasteiger partial charge in [0.2, 0.25) is 5.91 Å². The Bertz CT molecular complexity index is 853. The maximum absolute atomic E-state index is 13.1. The van der Waals surface area contributed by atoms with E-state index in [0.717, 1.165) is 24.3 Å². The van der Waals surface area contributed by atoms with E-state index in [9.17, 15) is 14.3 Å². The van der Waals surface area contributed by atoms with Crippen LogP contribution in [0.1, 0.15) is 17.2 Å². The minimum absolute atomic E-state index is 0.223. The Labute approximate surface area is 168 Å². The lowest BCUT2D eigenvalue weighted by atomic mass is 10.1. The molecule has 0 aromatic heterocycles. The largest absolute Gasteiger partial charge is 0.394 e. The molecule has 1 fully saturated rings. The molecule has 1 atom stereocenters. The fourth-order valence-corrected chi connectivity index (χ4v) is 3.25. The van der Waals surface area contributed by atoms with Gasteiger partial charge in [0.25, 0.3) is 0 Å². The van der Waals surface area contributed by atoms with Crippen LogP contribution < -0.4 is 10.2 Å². The first kappa shape index (κ1) is 20.3. The quantitative estimate of drug-likeness (QED) is 0.726. The van der Waals surface area contributed by atoms with Crippen molar-refractivity contribution in [1.29, 1.82) is 0 Å². The molecule has 0 radical (unpaired) electrons. The smallest absolute Gasteiger partial charge is 0.244 e. The molecule has 2 aromatic rings. The van der Waals surface area contributed by atoms with Crippen LogP contribution in [0.25, 0.3) is 6.08 Å². The number of hydrogen-bond acceptors (Lipinski definition) is 4. The number of anilines is 1. The Balaban J connectivity index is 1.67. The fourth-order valence-electron chi connectivity index (χ4n) is 3.02. The summed E-state index contributed by atoms with van der Waals surface area (Å²) >= 11 is 5.96. The molecule has 1 amide bonds. The van der Waals surface area contributed by atoms with Crippen LogP contribution in [0.2, 0.25) is 5.02 Å². The summed E-state index contributed by atoms with van der Waals surface area (Å²) in [6.07, 6.45) is 2.82. The maximum Gasteiger partial charge on any atom is 0.244 e. The van der Waals surface area contributed by atoms with Gasteiger partial charge in [-0.05, 0) is 41.5 Å². The van der Waals surface area contributed by atoms with Gasteiger partial charge in [-0.2, -0.15) is 0 Å². The summed E-state index contributed by atoms with van der Waals surface area (Å²) in [4.78, 5) is 14.5. The van der Waals surface area contributed by atoms with Crippen LogP contribution in [-0.4, -0.2) is 43.9 Å². The first-order valence-corrected chi connectivity index (χ1v) is 9.42. The van der Waals surface area contributed by atoms with Crippen molar-refractivity contribution in [3.05, 3.63) is 70.5 Å². The molecule has 1 saturated heterocycles. The van der Waals surface area contributed by atoms with Gasteiger partial charge < -0.3 is 20.1 Å². The topological polar surface area (TPSA) is 61.8 Å². The van der Waals surface area contributed by atoms with Crippen LogP contribution in [0.5, 0.6) is 0 Å². The van der Waals surface area contributed by atoms with Gasteiger partial charge in [-0.1, -0.05) is 29.8 Å². The summed E-state index contributed by atoms with van der Waals surface area (Å²) in [7, 11) is 0. The van der Waals surface area contributed by atoms with Crippen molar-refractivity contribution in [2.45, 2.75) is 6.04 Å². The summed E-state index contributed by atoms with van der Waals surface area (Å²) in [6.45, 7) is 2.74. The third-order valence-electron chi connectivity index (χ3n) is 4.52. The average Bonchev–Trinajstić information content (AvgIpc) is 2.72. The average molecular weight is 405 g/mol. The van der Waals surface area contributed by atoms with Crippen LogP contribution in [0, 0.1) is 5.82 Å². The fraction of sp³-hybridized carbons (Fsp3) is 0.286. The molecule has 1 aliphatic rings. The molecule has 28 heavy (non-hydrogen) atoms. The number of morpholine rings is 1. The minimum Gasteiger partial charge on any atom is -0.394 e. The normalized spacial score (nSPS) is 15.6. The van der Waals surface area contributed by atoms with Gasteiger partial charge in [-0.3, -0.25) is 4.79 Å². The van der Waals surface area contributed by atoms with Crippen molar-refractivity contribution in [2.75, 3.05) is 37.8 Å². The first-order valence-electron chi connectivity index (χ1n) is 9.04. The predicted molar refractivity (Wildman–Crippen MR) is 108 cm³/mol. The van der Waals surface area contributed by atoms with E-state index in [2.05, 4.69) is 10.2 Å². The maximum atomic E-state index is 13.1. The number of aliphatic hydroxyl groups is 1. The van der Waals surface area contributed by atoms with Crippen LogP contribution >= 0.6 is 11.6 Å². The van der Waals surface area contributed by atoms with Crippen molar-refractivity contribution >= 4 is 29.3 Å². The number of aliphatic hydroxyl groups excluding tert-OH is 1. The monoisotopic (exact) mass is 404 g/mol. The van der Waals surface area contributed by atoms with E-state index in [1.807, 2.05) is 24.3 Å². The molecular weight excluding hydrogens is 383 g/mol. The third kappa shape index (κ3) is 5.32. The zero-order valence-corrected chi connectivity index (χ0v) is 16.0. The van der Waals surface area contributed by atoms with E-state index < -0.39 is 11.9 Å². The lowest BCUT2D eigenvalue weighted by Gasteiger charge is -2.29. The highest BCUT2D eigenvalue weighted by Crippen LogP contribution is 2.22. The molecule has 2 N–H and O–H groups in total. The molecule has 7 heteroatoms. The number of nitrogens with one attached hydrogen (secondary N) is 1. The second-order valence-electron chi connectivity index (χ2n) is 6.44. The molecular formula is C21H22ClFN2O3. The lowest BCUT2D eigenvalue weighted by Crippen LogP contribution is -2.36. The molecule has 0 saturated carbocycles. The van der Waals surface area contributed by atoms with E-state index >= 15 is 0 Å². The van der Waals surface area contributed by atoms with Gasteiger partial charge in [-0.15, -0.1) is 0 Å². The second kappa shape index (κ2) is 9.68. The Morgan fingerprint density at radius 3 is 2.79 bits per heavy atom. The molecule has 5 nitrogen and oxygen atoms in total. The SMILES string of the molecule is O=C(/C=C/c1ccc(F)cc1Cl)NC(CO)c1cccc(N2CCOCC2)c1. The van der Waals surface area contributed by atoms with Crippen molar-refractivity contribution < 1.29 is 19.0 Å². The summed E-state index contributed by atoms with van der Waals surface area (Å²) in [5.41, 5.74) is 2.38. The van der Waals surface area contributed by atoms with Gasteiger partial charge in [0.15, 0.2) is 0 Å². The van der Waals surface area contributed by atoms with E-state index in [1.165, 1.54) is 30.4 Å². The number of carbonyl (C=O) groups is 1. The van der Waals surface area contributed by atoms with Crippen LogP contribution in [0.3, 0.4) is 0 Å².